The van der Waals surface area contributed by atoms with Gasteiger partial charge in [0.05, 0.1) is 7.14 Å². The molecule has 0 spiro atoms. The van der Waals surface area contributed by atoms with Crippen molar-refractivity contribution < 1.29 is 24.6 Å². The molecule has 0 saturated heterocycles. The van der Waals surface area contributed by atoms with Crippen LogP contribution >= 0.6 is 45.2 Å². The summed E-state index contributed by atoms with van der Waals surface area (Å²) < 4.78 is 1.19. The van der Waals surface area contributed by atoms with Crippen molar-refractivity contribution in [1.82, 2.24) is 10.6 Å². The Balaban J connectivity index is 2.17. The second-order valence-electron chi connectivity index (χ2n) is 6.45. The zero-order chi connectivity index (χ0) is 21.6. The Morgan fingerprint density at radius 2 is 1.48 bits per heavy atom. The highest BCUT2D eigenvalue weighted by Crippen LogP contribution is 2.27. The maximum absolute atomic E-state index is 12.7. The zero-order valence-electron chi connectivity index (χ0n) is 15.5. The van der Waals surface area contributed by atoms with E-state index in [9.17, 15) is 24.6 Å². The Kier molecular flexibility index (Phi) is 8.68. The minimum absolute atomic E-state index is 0.0471. The van der Waals surface area contributed by atoms with Crippen LogP contribution in [-0.4, -0.2) is 40.1 Å². The lowest BCUT2D eigenvalue weighted by Crippen LogP contribution is -2.52. The normalized spacial score (nSPS) is 12.7. The first-order chi connectivity index (χ1) is 13.7. The van der Waals surface area contributed by atoms with E-state index in [1.807, 2.05) is 75.5 Å². The van der Waals surface area contributed by atoms with E-state index < -0.39 is 24.0 Å². The third kappa shape index (κ3) is 7.14. The van der Waals surface area contributed by atoms with Crippen LogP contribution in [0.25, 0.3) is 0 Å². The van der Waals surface area contributed by atoms with Crippen LogP contribution in [0.3, 0.4) is 0 Å². The molecule has 0 bridgehead atoms. The number of hydrogen-bond donors (Lipinski definition) is 4. The Hall–Kier alpha value is -1.89. The molecule has 9 heteroatoms. The maximum atomic E-state index is 12.7. The average molecular weight is 622 g/mol. The fraction of sp³-hybridized carbons (Fsp3) is 0.250. The molecule has 2 aromatic carbocycles. The fourth-order valence-corrected chi connectivity index (χ4v) is 4.65. The molecule has 0 fully saturated rings. The molecule has 2 aromatic rings. The van der Waals surface area contributed by atoms with Crippen LogP contribution in [0.1, 0.15) is 18.1 Å². The van der Waals surface area contributed by atoms with E-state index in [0.717, 1.165) is 5.56 Å². The lowest BCUT2D eigenvalue weighted by atomic mass is 10.0. The van der Waals surface area contributed by atoms with Crippen LogP contribution in [0.4, 0.5) is 0 Å². The van der Waals surface area contributed by atoms with Gasteiger partial charge in [-0.1, -0.05) is 30.3 Å². The molecule has 1 unspecified atom stereocenters. The summed E-state index contributed by atoms with van der Waals surface area (Å²) in [5, 5.41) is 24.6. The molecule has 154 valence electrons. The van der Waals surface area contributed by atoms with E-state index in [0.29, 0.717) is 12.7 Å². The van der Waals surface area contributed by atoms with Crippen molar-refractivity contribution in [3.8, 4) is 5.75 Å². The number of benzene rings is 2. The van der Waals surface area contributed by atoms with Gasteiger partial charge in [0.25, 0.3) is 0 Å². The van der Waals surface area contributed by atoms with Crippen LogP contribution < -0.4 is 10.6 Å². The summed E-state index contributed by atoms with van der Waals surface area (Å²) in [6.45, 7) is 1.31. The van der Waals surface area contributed by atoms with Crippen molar-refractivity contribution in [1.29, 1.82) is 0 Å². The first kappa shape index (κ1) is 23.4. The molecule has 0 aliphatic carbocycles. The SMILES string of the molecule is CC(=O)NC(Cc1ccccc1)C(=O)N[C@@H](Cc1cc(I)c(O)c(I)c1)C(=O)O. The first-order valence-electron chi connectivity index (χ1n) is 8.68. The van der Waals surface area contributed by atoms with Crippen molar-refractivity contribution in [2.75, 3.05) is 0 Å². The molecule has 7 nitrogen and oxygen atoms in total. The van der Waals surface area contributed by atoms with Gasteiger partial charge in [0, 0.05) is 19.8 Å². The van der Waals surface area contributed by atoms with E-state index in [4.69, 9.17) is 0 Å². The van der Waals surface area contributed by atoms with Gasteiger partial charge in [0.1, 0.15) is 17.8 Å². The van der Waals surface area contributed by atoms with Crippen molar-refractivity contribution in [3.05, 3.63) is 60.7 Å². The third-order valence-corrected chi connectivity index (χ3v) is 5.75. The Bertz CT molecular complexity index is 882. The number of carbonyl (C=O) groups is 3. The Morgan fingerprint density at radius 1 is 0.931 bits per heavy atom. The quantitative estimate of drug-likeness (QED) is 0.338. The number of halogens is 2. The maximum Gasteiger partial charge on any atom is 0.326 e. The number of carbonyl (C=O) groups excluding carboxylic acids is 2. The van der Waals surface area contributed by atoms with Gasteiger partial charge in [-0.15, -0.1) is 0 Å². The van der Waals surface area contributed by atoms with Crippen LogP contribution in [0, 0.1) is 7.14 Å². The number of nitrogens with one attached hydrogen (secondary N) is 2. The van der Waals surface area contributed by atoms with Gasteiger partial charge in [-0.05, 0) is 68.4 Å². The van der Waals surface area contributed by atoms with Crippen molar-refractivity contribution in [2.45, 2.75) is 31.8 Å². The third-order valence-electron chi connectivity index (χ3n) is 4.11. The molecule has 29 heavy (non-hydrogen) atoms. The van der Waals surface area contributed by atoms with E-state index in [-0.39, 0.29) is 24.5 Å². The van der Waals surface area contributed by atoms with Gasteiger partial charge < -0.3 is 20.8 Å². The minimum Gasteiger partial charge on any atom is -0.506 e. The second kappa shape index (κ2) is 10.8. The molecule has 0 radical (unpaired) electrons. The summed E-state index contributed by atoms with van der Waals surface area (Å²) in [4.78, 5) is 36.0. The van der Waals surface area contributed by atoms with Crippen molar-refractivity contribution >= 4 is 63.0 Å². The topological polar surface area (TPSA) is 116 Å². The Morgan fingerprint density at radius 3 is 2.00 bits per heavy atom. The lowest BCUT2D eigenvalue weighted by Gasteiger charge is -2.21. The number of aromatic hydroxyl groups is 1. The zero-order valence-corrected chi connectivity index (χ0v) is 19.8. The van der Waals surface area contributed by atoms with Crippen LogP contribution in [0.15, 0.2) is 42.5 Å². The monoisotopic (exact) mass is 622 g/mol. The molecule has 4 N–H and O–H groups in total. The number of hydrogen-bond acceptors (Lipinski definition) is 4. The molecule has 0 saturated carbocycles. The highest BCUT2D eigenvalue weighted by molar-refractivity contribution is 14.1. The van der Waals surface area contributed by atoms with E-state index >= 15 is 0 Å². The minimum atomic E-state index is -1.18. The molecule has 2 rings (SSSR count). The predicted octanol–water partition coefficient (Wildman–Crippen LogP) is 2.46. The number of aliphatic carboxylic acids is 1. The van der Waals surface area contributed by atoms with Gasteiger partial charge in [-0.25, -0.2) is 4.79 Å². The van der Waals surface area contributed by atoms with Gasteiger partial charge in [-0.2, -0.15) is 0 Å². The summed E-state index contributed by atoms with van der Waals surface area (Å²) >= 11 is 3.93. The van der Waals surface area contributed by atoms with Crippen LogP contribution in [0.5, 0.6) is 5.75 Å². The van der Waals surface area contributed by atoms with Crippen molar-refractivity contribution in [2.24, 2.45) is 0 Å². The molecule has 0 aliphatic rings. The molecule has 0 aromatic heterocycles. The average Bonchev–Trinajstić information content (AvgIpc) is 2.65. The number of carboxylic acid groups (broad SMARTS) is 1. The van der Waals surface area contributed by atoms with Crippen molar-refractivity contribution in [3.63, 3.8) is 0 Å². The molecule has 2 atom stereocenters. The molecular weight excluding hydrogens is 602 g/mol. The summed E-state index contributed by atoms with van der Waals surface area (Å²) in [6, 6.07) is 10.4. The summed E-state index contributed by atoms with van der Waals surface area (Å²) in [5.74, 6) is -1.99. The number of rotatable bonds is 8. The van der Waals surface area contributed by atoms with Gasteiger partial charge in [0.15, 0.2) is 0 Å². The van der Waals surface area contributed by atoms with E-state index in [1.165, 1.54) is 6.92 Å². The lowest BCUT2D eigenvalue weighted by molar-refractivity contribution is -0.142. The summed E-state index contributed by atoms with van der Waals surface area (Å²) in [7, 11) is 0. The standard InChI is InChI=1S/C20H20I2N2O5/c1-11(25)23-16(9-12-5-3-2-4-6-12)19(27)24-17(20(28)29)10-13-7-14(21)18(26)15(22)8-13/h2-8,16-17,26H,9-10H2,1H3,(H,23,25)(H,24,27)(H,28,29)/t16?,17-/m0/s1. The van der Waals surface area contributed by atoms with Gasteiger partial charge in [-0.3, -0.25) is 9.59 Å². The smallest absolute Gasteiger partial charge is 0.326 e. The van der Waals surface area contributed by atoms with E-state index in [2.05, 4.69) is 10.6 Å². The molecule has 2 amide bonds. The first-order valence-corrected chi connectivity index (χ1v) is 10.8. The molecular formula is C20H20I2N2O5. The Labute approximate surface area is 195 Å². The number of phenolic OH excluding ortho intramolecular Hbond substituents is 1. The van der Waals surface area contributed by atoms with Gasteiger partial charge >= 0.3 is 5.97 Å². The largest absolute Gasteiger partial charge is 0.506 e. The summed E-state index contributed by atoms with van der Waals surface area (Å²) in [6.07, 6.45) is 0.291. The molecule has 0 heterocycles. The van der Waals surface area contributed by atoms with Crippen LogP contribution in [0.2, 0.25) is 0 Å². The second-order valence-corrected chi connectivity index (χ2v) is 8.78. The number of phenols is 1. The fourth-order valence-electron chi connectivity index (χ4n) is 2.75. The van der Waals surface area contributed by atoms with E-state index in [1.54, 1.807) is 12.1 Å². The highest BCUT2D eigenvalue weighted by atomic mass is 127. The highest BCUT2D eigenvalue weighted by Gasteiger charge is 2.26. The van der Waals surface area contributed by atoms with Gasteiger partial charge in [0.2, 0.25) is 11.8 Å². The summed E-state index contributed by atoms with van der Waals surface area (Å²) in [5.41, 5.74) is 1.51. The number of carboxylic acids is 1. The molecule has 0 aliphatic heterocycles. The number of amides is 2. The predicted molar refractivity (Wildman–Crippen MR) is 125 cm³/mol. The van der Waals surface area contributed by atoms with Crippen LogP contribution in [-0.2, 0) is 27.2 Å².